The van der Waals surface area contributed by atoms with Gasteiger partial charge in [0.25, 0.3) is 5.56 Å². The van der Waals surface area contributed by atoms with Crippen LogP contribution in [0.5, 0.6) is 0 Å². The van der Waals surface area contributed by atoms with Gasteiger partial charge in [-0.1, -0.05) is 11.6 Å². The highest BCUT2D eigenvalue weighted by atomic mass is 35.5. The zero-order valence-electron chi connectivity index (χ0n) is 17.3. The predicted octanol–water partition coefficient (Wildman–Crippen LogP) is 2.64. The molecule has 0 unspecified atom stereocenters. The molecule has 1 aliphatic carbocycles. The third-order valence-corrected chi connectivity index (χ3v) is 9.38. The molecule has 2 aliphatic heterocycles. The van der Waals surface area contributed by atoms with E-state index in [1.54, 1.807) is 10.5 Å². The topological polar surface area (TPSA) is 93.5 Å². The molecule has 10 heteroatoms. The quantitative estimate of drug-likeness (QED) is 0.704. The summed E-state index contributed by atoms with van der Waals surface area (Å²) in [5.74, 6) is 0.407. The van der Waals surface area contributed by atoms with Crippen LogP contribution >= 0.6 is 11.6 Å². The zero-order valence-corrected chi connectivity index (χ0v) is 18.8. The molecule has 168 valence electrons. The maximum absolute atomic E-state index is 12.8. The summed E-state index contributed by atoms with van der Waals surface area (Å²) in [6, 6.07) is -0.110. The number of nitrogens with one attached hydrogen (secondary N) is 1. The van der Waals surface area contributed by atoms with Crippen LogP contribution in [0.4, 0.5) is 5.69 Å². The average molecular weight is 459 g/mol. The molecule has 1 atom stereocenters. The van der Waals surface area contributed by atoms with Crippen molar-refractivity contribution >= 4 is 27.3 Å². The van der Waals surface area contributed by atoms with Crippen molar-refractivity contribution in [2.24, 2.45) is 5.92 Å². The molecule has 3 heterocycles. The Bertz CT molecular complexity index is 887. The van der Waals surface area contributed by atoms with E-state index in [1.165, 1.54) is 4.68 Å². The second kappa shape index (κ2) is 9.54. The van der Waals surface area contributed by atoms with Crippen molar-refractivity contribution in [1.29, 1.82) is 0 Å². The minimum absolute atomic E-state index is 0.110. The molecule has 1 aromatic rings. The molecule has 1 saturated carbocycles. The minimum Gasteiger partial charge on any atom is -0.382 e. The first kappa shape index (κ1) is 22.0. The van der Waals surface area contributed by atoms with Gasteiger partial charge in [0.2, 0.25) is 10.0 Å². The number of anilines is 1. The Morgan fingerprint density at radius 3 is 2.53 bits per heavy atom. The number of nitrogens with zero attached hydrogens (tertiary/aromatic N) is 3. The minimum atomic E-state index is -3.23. The van der Waals surface area contributed by atoms with Crippen molar-refractivity contribution in [3.05, 3.63) is 21.6 Å². The maximum Gasteiger partial charge on any atom is 0.287 e. The molecular weight excluding hydrogens is 428 g/mol. The molecule has 1 N–H and O–H groups in total. The van der Waals surface area contributed by atoms with Crippen molar-refractivity contribution in [3.63, 3.8) is 0 Å². The number of halogens is 1. The molecule has 3 fully saturated rings. The van der Waals surface area contributed by atoms with E-state index in [2.05, 4.69) is 10.4 Å². The van der Waals surface area contributed by atoms with Gasteiger partial charge in [0.15, 0.2) is 0 Å². The molecule has 3 aliphatic rings. The summed E-state index contributed by atoms with van der Waals surface area (Å²) < 4.78 is 34.2. The van der Waals surface area contributed by atoms with Crippen LogP contribution < -0.4 is 10.9 Å². The van der Waals surface area contributed by atoms with Gasteiger partial charge in [-0.05, 0) is 57.3 Å². The first-order valence-electron chi connectivity index (χ1n) is 11.0. The third-order valence-electron chi connectivity index (χ3n) is 6.62. The Balaban J connectivity index is 1.37. The lowest BCUT2D eigenvalue weighted by molar-refractivity contribution is 0.0595. The second-order valence-corrected chi connectivity index (χ2v) is 11.3. The maximum atomic E-state index is 12.8. The molecule has 4 rings (SSSR count). The van der Waals surface area contributed by atoms with Crippen LogP contribution in [-0.4, -0.2) is 60.6 Å². The Morgan fingerprint density at radius 1 is 1.13 bits per heavy atom. The molecule has 0 aromatic carbocycles. The normalized spacial score (nSPS) is 28.5. The van der Waals surface area contributed by atoms with Crippen LogP contribution in [0.3, 0.4) is 0 Å². The monoisotopic (exact) mass is 458 g/mol. The van der Waals surface area contributed by atoms with Crippen molar-refractivity contribution in [1.82, 2.24) is 14.1 Å². The molecule has 30 heavy (non-hydrogen) atoms. The molecule has 1 aromatic heterocycles. The van der Waals surface area contributed by atoms with Crippen molar-refractivity contribution < 1.29 is 13.2 Å². The van der Waals surface area contributed by atoms with Crippen molar-refractivity contribution in [2.75, 3.05) is 38.2 Å². The van der Waals surface area contributed by atoms with E-state index in [-0.39, 0.29) is 21.9 Å². The van der Waals surface area contributed by atoms with E-state index >= 15 is 0 Å². The zero-order chi connectivity index (χ0) is 21.1. The molecule has 0 spiro atoms. The van der Waals surface area contributed by atoms with Crippen molar-refractivity contribution in [3.8, 4) is 0 Å². The standard InChI is InChI=1S/C20H31ClN4O4S/c21-19-18(22-12-15-4-3-11-29-14-15)13-23-25(20(19)26)16-5-7-17(8-6-16)30(27,28)24-9-1-2-10-24/h13,15-17,22H,1-12,14H2/t15-,16-,17+/m1/s1. The number of hydrogen-bond donors (Lipinski definition) is 1. The fourth-order valence-electron chi connectivity index (χ4n) is 4.79. The lowest BCUT2D eigenvalue weighted by Gasteiger charge is -2.31. The fraction of sp³-hybridized carbons (Fsp3) is 0.800. The highest BCUT2D eigenvalue weighted by Crippen LogP contribution is 2.33. The van der Waals surface area contributed by atoms with Gasteiger partial charge in [-0.15, -0.1) is 0 Å². The smallest absolute Gasteiger partial charge is 0.287 e. The van der Waals surface area contributed by atoms with Gasteiger partial charge in [0.1, 0.15) is 5.02 Å². The number of rotatable bonds is 6. The van der Waals surface area contributed by atoms with Gasteiger partial charge in [-0.3, -0.25) is 4.79 Å². The van der Waals surface area contributed by atoms with Crippen LogP contribution in [0.1, 0.15) is 57.4 Å². The van der Waals surface area contributed by atoms with Crippen LogP contribution in [-0.2, 0) is 14.8 Å². The van der Waals surface area contributed by atoms with Crippen LogP contribution in [0.2, 0.25) is 5.02 Å². The number of sulfonamides is 1. The first-order valence-corrected chi connectivity index (χ1v) is 12.9. The lowest BCUT2D eigenvalue weighted by Crippen LogP contribution is -2.40. The summed E-state index contributed by atoms with van der Waals surface area (Å²) in [7, 11) is -3.23. The van der Waals surface area contributed by atoms with Crippen LogP contribution in [0.15, 0.2) is 11.0 Å². The summed E-state index contributed by atoms with van der Waals surface area (Å²) >= 11 is 6.35. The van der Waals surface area contributed by atoms with Crippen molar-refractivity contribution in [2.45, 2.75) is 62.7 Å². The van der Waals surface area contributed by atoms with Gasteiger partial charge in [0.05, 0.1) is 29.8 Å². The fourth-order valence-corrected chi connectivity index (χ4v) is 7.05. The summed E-state index contributed by atoms with van der Waals surface area (Å²) in [6.07, 6.45) is 7.99. The highest BCUT2D eigenvalue weighted by Gasteiger charge is 2.37. The number of hydrogen-bond acceptors (Lipinski definition) is 6. The highest BCUT2D eigenvalue weighted by molar-refractivity contribution is 7.89. The molecule has 2 saturated heterocycles. The van der Waals surface area contributed by atoms with Gasteiger partial charge in [0, 0.05) is 26.2 Å². The number of aromatic nitrogens is 2. The molecular formula is C20H31ClN4O4S. The van der Waals surface area contributed by atoms with E-state index in [9.17, 15) is 13.2 Å². The van der Waals surface area contributed by atoms with Gasteiger partial charge in [-0.25, -0.2) is 17.4 Å². The van der Waals surface area contributed by atoms with Gasteiger partial charge in [-0.2, -0.15) is 5.10 Å². The van der Waals surface area contributed by atoms with Gasteiger partial charge < -0.3 is 10.1 Å². The van der Waals surface area contributed by atoms with E-state index in [4.69, 9.17) is 16.3 Å². The molecule has 0 radical (unpaired) electrons. The predicted molar refractivity (Wildman–Crippen MR) is 117 cm³/mol. The molecule has 0 amide bonds. The lowest BCUT2D eigenvalue weighted by atomic mass is 9.95. The Kier molecular flexibility index (Phi) is 7.01. The van der Waals surface area contributed by atoms with E-state index < -0.39 is 10.0 Å². The van der Waals surface area contributed by atoms with E-state index in [1.807, 2.05) is 0 Å². The molecule has 0 bridgehead atoms. The first-order chi connectivity index (χ1) is 14.5. The average Bonchev–Trinajstić information content (AvgIpc) is 3.32. The SMILES string of the molecule is O=c1c(Cl)c(NC[C@H]2CCCOC2)cnn1[C@H]1CC[C@@H](S(=O)(=O)N2CCCC2)CC1. The third kappa shape index (κ3) is 4.69. The van der Waals surface area contributed by atoms with Crippen LogP contribution in [0, 0.1) is 5.92 Å². The molecule has 8 nitrogen and oxygen atoms in total. The Labute approximate surface area is 183 Å². The largest absolute Gasteiger partial charge is 0.382 e. The Morgan fingerprint density at radius 2 is 1.87 bits per heavy atom. The van der Waals surface area contributed by atoms with E-state index in [0.717, 1.165) is 38.9 Å². The summed E-state index contributed by atoms with van der Waals surface area (Å²) in [5, 5.41) is 7.39. The van der Waals surface area contributed by atoms with E-state index in [0.29, 0.717) is 56.9 Å². The summed E-state index contributed by atoms with van der Waals surface area (Å²) in [4.78, 5) is 12.8. The van der Waals surface area contributed by atoms with Gasteiger partial charge >= 0.3 is 0 Å². The Hall–Kier alpha value is -1.16. The summed E-state index contributed by atoms with van der Waals surface area (Å²) in [5.41, 5.74) is 0.237. The van der Waals surface area contributed by atoms with Crippen LogP contribution in [0.25, 0.3) is 0 Å². The summed E-state index contributed by atoms with van der Waals surface area (Å²) in [6.45, 7) is 3.51. The number of ether oxygens (including phenoxy) is 1. The second-order valence-electron chi connectivity index (χ2n) is 8.67.